The Kier molecular flexibility index (Phi) is 24.1. The van der Waals surface area contributed by atoms with Crippen LogP contribution in [-0.4, -0.2) is 20.9 Å². The van der Waals surface area contributed by atoms with Crippen molar-refractivity contribution in [2.24, 2.45) is 0 Å². The molecule has 0 aromatic heterocycles. The zero-order valence-electron chi connectivity index (χ0n) is 15.4. The molecule has 0 spiro atoms. The molecule has 6 heteroatoms. The first-order valence-corrected chi connectivity index (χ1v) is 10.7. The summed E-state index contributed by atoms with van der Waals surface area (Å²) in [5, 5.41) is 8.52. The van der Waals surface area contributed by atoms with E-state index in [0.29, 0.717) is 6.42 Å². The normalized spacial score (nSPS) is 10.1. The summed E-state index contributed by atoms with van der Waals surface area (Å²) in [7, 11) is -2.87. The van der Waals surface area contributed by atoms with Gasteiger partial charge in [0.15, 0.2) is 0 Å². The molecular formula is C18H38O5P+. The van der Waals surface area contributed by atoms with Crippen LogP contribution in [0.3, 0.4) is 0 Å². The molecule has 0 atom stereocenters. The van der Waals surface area contributed by atoms with Crippen LogP contribution in [0, 0.1) is 0 Å². The molecule has 0 aliphatic heterocycles. The van der Waals surface area contributed by atoms with Gasteiger partial charge in [0.25, 0.3) is 0 Å². The van der Waals surface area contributed by atoms with Crippen LogP contribution in [0.2, 0.25) is 0 Å². The minimum Gasteiger partial charge on any atom is -0.481 e. The van der Waals surface area contributed by atoms with Crippen molar-refractivity contribution in [3.63, 3.8) is 0 Å². The van der Waals surface area contributed by atoms with Crippen LogP contribution in [0.1, 0.15) is 110 Å². The van der Waals surface area contributed by atoms with E-state index in [1.165, 1.54) is 83.5 Å². The van der Waals surface area contributed by atoms with Gasteiger partial charge in [-0.15, -0.1) is 9.79 Å². The van der Waals surface area contributed by atoms with Crippen LogP contribution in [0.4, 0.5) is 0 Å². The Bertz CT molecular complexity index is 281. The largest absolute Gasteiger partial charge is 0.692 e. The molecule has 24 heavy (non-hydrogen) atoms. The first kappa shape index (κ1) is 25.7. The molecule has 0 saturated heterocycles. The summed E-state index contributed by atoms with van der Waals surface area (Å²) in [6, 6.07) is 0. The summed E-state index contributed by atoms with van der Waals surface area (Å²) in [6.45, 7) is 2.27. The van der Waals surface area contributed by atoms with Crippen molar-refractivity contribution in [3.8, 4) is 0 Å². The van der Waals surface area contributed by atoms with E-state index in [9.17, 15) is 4.79 Å². The van der Waals surface area contributed by atoms with Crippen LogP contribution in [0.5, 0.6) is 0 Å². The van der Waals surface area contributed by atoms with Crippen LogP contribution < -0.4 is 0 Å². The molecule has 0 bridgehead atoms. The predicted molar refractivity (Wildman–Crippen MR) is 99.2 cm³/mol. The molecule has 0 fully saturated rings. The number of aliphatic carboxylic acids is 1. The van der Waals surface area contributed by atoms with Gasteiger partial charge >= 0.3 is 14.2 Å². The van der Waals surface area contributed by atoms with Crippen molar-refractivity contribution >= 4 is 14.2 Å². The summed E-state index contributed by atoms with van der Waals surface area (Å²) in [4.78, 5) is 24.6. The lowest BCUT2D eigenvalue weighted by Crippen LogP contribution is -1.93. The Morgan fingerprint density at radius 2 is 0.917 bits per heavy atom. The summed E-state index contributed by atoms with van der Waals surface area (Å²) >= 11 is 0. The van der Waals surface area contributed by atoms with Gasteiger partial charge in [-0.3, -0.25) is 4.79 Å². The van der Waals surface area contributed by atoms with Gasteiger partial charge in [-0.05, 0) is 6.42 Å². The van der Waals surface area contributed by atoms with E-state index < -0.39 is 14.2 Å². The summed E-state index contributed by atoms with van der Waals surface area (Å²) in [5.41, 5.74) is 0. The molecule has 0 amide bonds. The lowest BCUT2D eigenvalue weighted by molar-refractivity contribution is -0.137. The number of hydrogen-bond donors (Lipinski definition) is 3. The van der Waals surface area contributed by atoms with Crippen molar-refractivity contribution in [3.05, 3.63) is 0 Å². The molecule has 3 N–H and O–H groups in total. The number of carbonyl (C=O) groups is 1. The van der Waals surface area contributed by atoms with Crippen LogP contribution in [0.15, 0.2) is 0 Å². The third-order valence-corrected chi connectivity index (χ3v) is 3.99. The quantitative estimate of drug-likeness (QED) is 0.232. The molecule has 144 valence electrons. The molecule has 0 heterocycles. The first-order chi connectivity index (χ1) is 11.5. The molecular weight excluding hydrogens is 327 g/mol. The van der Waals surface area contributed by atoms with E-state index >= 15 is 0 Å². The predicted octanol–water partition coefficient (Wildman–Crippen LogP) is 5.96. The minimum atomic E-state index is -2.87. The number of unbranched alkanes of at least 4 members (excludes halogenated alkanes) is 14. The third-order valence-electron chi connectivity index (χ3n) is 3.99. The maximum atomic E-state index is 10.3. The number of hydrogen-bond acceptors (Lipinski definition) is 2. The van der Waals surface area contributed by atoms with Crippen molar-refractivity contribution in [2.75, 3.05) is 0 Å². The SMILES string of the molecule is CCCCCCCCCCCCCCCCCC(=O)O.O=[P+](O)O. The molecule has 0 unspecified atom stereocenters. The van der Waals surface area contributed by atoms with Gasteiger partial charge in [-0.2, -0.15) is 0 Å². The van der Waals surface area contributed by atoms with E-state index in [2.05, 4.69) is 6.92 Å². The highest BCUT2D eigenvalue weighted by molar-refractivity contribution is 7.30. The van der Waals surface area contributed by atoms with Gasteiger partial charge in [0.1, 0.15) is 0 Å². The topological polar surface area (TPSA) is 94.8 Å². The third kappa shape index (κ3) is 33.2. The van der Waals surface area contributed by atoms with E-state index in [-0.39, 0.29) is 0 Å². The lowest BCUT2D eigenvalue weighted by Gasteiger charge is -2.03. The first-order valence-electron chi connectivity index (χ1n) is 9.57. The maximum Gasteiger partial charge on any atom is 0.692 e. The monoisotopic (exact) mass is 365 g/mol. The molecule has 0 aromatic rings. The fourth-order valence-corrected chi connectivity index (χ4v) is 2.65. The fraction of sp³-hybridized carbons (Fsp3) is 0.944. The van der Waals surface area contributed by atoms with E-state index in [1.807, 2.05) is 0 Å². The van der Waals surface area contributed by atoms with Crippen molar-refractivity contribution in [2.45, 2.75) is 110 Å². The highest BCUT2D eigenvalue weighted by Crippen LogP contribution is 2.13. The standard InChI is InChI=1S/C18H36O2.HO3P/c1-2-3-4-5-6-7-8-9-10-11-12-13-14-15-16-17-18(19)20;1-4(2)3/h2-17H2,1H3,(H,19,20);(H-,1,2,3)/p+1. The molecule has 0 saturated carbocycles. The minimum absolute atomic E-state index is 0.345. The maximum absolute atomic E-state index is 10.3. The van der Waals surface area contributed by atoms with Crippen molar-refractivity contribution in [1.29, 1.82) is 0 Å². The summed E-state index contributed by atoms with van der Waals surface area (Å²) in [5.74, 6) is -0.653. The zero-order valence-corrected chi connectivity index (χ0v) is 16.3. The van der Waals surface area contributed by atoms with Gasteiger partial charge in [-0.25, -0.2) is 0 Å². The number of carboxylic acid groups (broad SMARTS) is 1. The Labute approximate surface area is 148 Å². The second kappa shape index (κ2) is 22.5. The Hall–Kier alpha value is -0.510. The summed E-state index contributed by atoms with van der Waals surface area (Å²) < 4.78 is 8.70. The van der Waals surface area contributed by atoms with Crippen LogP contribution in [0.25, 0.3) is 0 Å². The van der Waals surface area contributed by atoms with Gasteiger partial charge in [-0.1, -0.05) is 96.8 Å². The Morgan fingerprint density at radius 1 is 0.667 bits per heavy atom. The number of carboxylic acids is 1. The molecule has 0 radical (unpaired) electrons. The van der Waals surface area contributed by atoms with Crippen molar-refractivity contribution in [1.82, 2.24) is 0 Å². The second-order valence-electron chi connectivity index (χ2n) is 6.35. The molecule has 5 nitrogen and oxygen atoms in total. The highest BCUT2D eigenvalue weighted by atomic mass is 31.1. The highest BCUT2D eigenvalue weighted by Gasteiger charge is 1.97. The van der Waals surface area contributed by atoms with Gasteiger partial charge in [0, 0.05) is 11.0 Å². The lowest BCUT2D eigenvalue weighted by atomic mass is 10.0. The van der Waals surface area contributed by atoms with Crippen LogP contribution >= 0.6 is 8.25 Å². The van der Waals surface area contributed by atoms with Crippen molar-refractivity contribution < 1.29 is 24.3 Å². The second-order valence-corrected chi connectivity index (χ2v) is 6.85. The van der Waals surface area contributed by atoms with Crippen LogP contribution in [-0.2, 0) is 9.36 Å². The summed E-state index contributed by atoms with van der Waals surface area (Å²) in [6.07, 6.45) is 20.2. The molecule has 0 aromatic carbocycles. The Morgan fingerprint density at radius 3 is 1.17 bits per heavy atom. The van der Waals surface area contributed by atoms with Gasteiger partial charge in [0.05, 0.1) is 0 Å². The number of rotatable bonds is 16. The fourth-order valence-electron chi connectivity index (χ4n) is 2.65. The molecule has 0 rings (SSSR count). The molecule has 0 aliphatic rings. The smallest absolute Gasteiger partial charge is 0.481 e. The Balaban J connectivity index is 0. The molecule has 0 aliphatic carbocycles. The average Bonchev–Trinajstić information content (AvgIpc) is 2.50. The van der Waals surface area contributed by atoms with Gasteiger partial charge < -0.3 is 5.11 Å². The van der Waals surface area contributed by atoms with E-state index in [1.54, 1.807) is 0 Å². The zero-order chi connectivity index (χ0) is 18.5. The van der Waals surface area contributed by atoms with E-state index in [0.717, 1.165) is 12.8 Å². The van der Waals surface area contributed by atoms with E-state index in [4.69, 9.17) is 19.5 Å². The average molecular weight is 365 g/mol. The van der Waals surface area contributed by atoms with Gasteiger partial charge in [0.2, 0.25) is 0 Å².